The molecular weight excluding hydrogens is 455 g/mol. The number of ether oxygens (including phenoxy) is 1. The number of aromatic nitrogens is 3. The van der Waals surface area contributed by atoms with Crippen LogP contribution in [0.5, 0.6) is 5.88 Å². The number of pyridine rings is 1. The molecule has 3 aliphatic rings. The van der Waals surface area contributed by atoms with Gasteiger partial charge in [-0.25, -0.2) is 19.0 Å². The van der Waals surface area contributed by atoms with Gasteiger partial charge in [-0.05, 0) is 38.8 Å². The number of nitrogens with zero attached hydrogens (tertiary/aromatic N) is 5. The van der Waals surface area contributed by atoms with Crippen molar-refractivity contribution in [2.24, 2.45) is 5.73 Å². The molecule has 186 valence electrons. The summed E-state index contributed by atoms with van der Waals surface area (Å²) in [4.78, 5) is 46.0. The van der Waals surface area contributed by atoms with Crippen LogP contribution in [0.15, 0.2) is 24.4 Å². The molecule has 2 aromatic rings. The fourth-order valence-corrected chi connectivity index (χ4v) is 5.33. The van der Waals surface area contributed by atoms with Crippen LogP contribution in [0.4, 0.5) is 9.18 Å². The maximum atomic E-state index is 16.0. The maximum absolute atomic E-state index is 16.0. The first-order valence-corrected chi connectivity index (χ1v) is 11.9. The summed E-state index contributed by atoms with van der Waals surface area (Å²) < 4.78 is 22.4. The molecule has 2 fully saturated rings. The third-order valence-electron chi connectivity index (χ3n) is 7.60. The van der Waals surface area contributed by atoms with Gasteiger partial charge in [0.25, 0.3) is 5.91 Å². The van der Waals surface area contributed by atoms with Crippen LogP contribution in [-0.2, 0) is 16.9 Å². The Morgan fingerprint density at radius 2 is 1.89 bits per heavy atom. The number of likely N-dealkylation sites (tertiary alicyclic amines) is 1. The van der Waals surface area contributed by atoms with E-state index < -0.39 is 29.1 Å². The van der Waals surface area contributed by atoms with E-state index in [0.717, 1.165) is 17.5 Å². The highest BCUT2D eigenvalue weighted by atomic mass is 19.1. The smallest absolute Gasteiger partial charge is 0.363 e. The summed E-state index contributed by atoms with van der Waals surface area (Å²) in [6.45, 7) is 4.42. The summed E-state index contributed by atoms with van der Waals surface area (Å²) in [5.41, 5.74) is 3.14. The number of rotatable bonds is 4. The molecular formula is C24H29FN6O4. The molecule has 0 aromatic carbocycles. The first-order valence-electron chi connectivity index (χ1n) is 11.9. The minimum atomic E-state index is -2.00. The van der Waals surface area contributed by atoms with Crippen LogP contribution in [0, 0.1) is 0 Å². The highest BCUT2D eigenvalue weighted by Crippen LogP contribution is 2.45. The van der Waals surface area contributed by atoms with Gasteiger partial charge in [0.1, 0.15) is 5.69 Å². The Morgan fingerprint density at radius 1 is 1.17 bits per heavy atom. The van der Waals surface area contributed by atoms with Crippen LogP contribution in [0.1, 0.15) is 67.7 Å². The van der Waals surface area contributed by atoms with Crippen molar-refractivity contribution < 1.29 is 23.5 Å². The second-order valence-electron chi connectivity index (χ2n) is 10.0. The summed E-state index contributed by atoms with van der Waals surface area (Å²) in [5.74, 6) is -1.55. The predicted molar refractivity (Wildman–Crippen MR) is 122 cm³/mol. The quantitative estimate of drug-likeness (QED) is 0.661. The number of esters is 1. The van der Waals surface area contributed by atoms with Crippen LogP contribution in [0.3, 0.4) is 0 Å². The van der Waals surface area contributed by atoms with Gasteiger partial charge in [-0.15, -0.1) is 5.10 Å². The number of primary amides is 1. The summed E-state index contributed by atoms with van der Waals surface area (Å²) >= 11 is 0. The zero-order valence-corrected chi connectivity index (χ0v) is 19.9. The second kappa shape index (κ2) is 8.40. The third-order valence-corrected chi connectivity index (χ3v) is 7.60. The van der Waals surface area contributed by atoms with Crippen molar-refractivity contribution >= 4 is 17.9 Å². The van der Waals surface area contributed by atoms with Gasteiger partial charge in [-0.2, -0.15) is 4.68 Å². The maximum Gasteiger partial charge on any atom is 0.363 e. The minimum Gasteiger partial charge on any atom is -0.401 e. The Hall–Kier alpha value is -3.34. The van der Waals surface area contributed by atoms with Gasteiger partial charge in [-0.1, -0.05) is 12.5 Å². The minimum absolute atomic E-state index is 0.0565. The van der Waals surface area contributed by atoms with Crippen molar-refractivity contribution in [1.29, 1.82) is 0 Å². The van der Waals surface area contributed by atoms with Crippen LogP contribution in [-0.4, -0.2) is 67.3 Å². The van der Waals surface area contributed by atoms with Crippen LogP contribution in [0.2, 0.25) is 0 Å². The van der Waals surface area contributed by atoms with E-state index >= 15 is 4.39 Å². The molecule has 0 bridgehead atoms. The Morgan fingerprint density at radius 3 is 2.46 bits per heavy atom. The first-order chi connectivity index (χ1) is 16.6. The van der Waals surface area contributed by atoms with Gasteiger partial charge >= 0.3 is 12.0 Å². The molecule has 0 spiro atoms. The van der Waals surface area contributed by atoms with Crippen molar-refractivity contribution in [3.8, 4) is 5.88 Å². The summed E-state index contributed by atoms with van der Waals surface area (Å²) in [6.07, 6.45) is 5.15. The highest BCUT2D eigenvalue weighted by molar-refractivity contribution is 5.90. The van der Waals surface area contributed by atoms with Gasteiger partial charge in [0.15, 0.2) is 5.67 Å². The molecule has 5 rings (SSSR count). The monoisotopic (exact) mass is 484 g/mol. The molecule has 2 aliphatic heterocycles. The Kier molecular flexibility index (Phi) is 5.62. The third kappa shape index (κ3) is 3.87. The summed E-state index contributed by atoms with van der Waals surface area (Å²) in [5, 5.41) is 4.09. The van der Waals surface area contributed by atoms with Crippen LogP contribution >= 0.6 is 0 Å². The lowest BCUT2D eigenvalue weighted by atomic mass is 9.85. The van der Waals surface area contributed by atoms with E-state index in [0.29, 0.717) is 30.4 Å². The van der Waals surface area contributed by atoms with E-state index in [1.165, 1.54) is 23.6 Å². The lowest BCUT2D eigenvalue weighted by molar-refractivity contribution is -0.154. The number of carbonyl (C=O) groups excluding carboxylic acids is 3. The lowest BCUT2D eigenvalue weighted by Gasteiger charge is -2.45. The van der Waals surface area contributed by atoms with Gasteiger partial charge in [0.05, 0.1) is 23.3 Å². The molecule has 11 heteroatoms. The van der Waals surface area contributed by atoms with E-state index in [2.05, 4.69) is 15.0 Å². The van der Waals surface area contributed by atoms with Gasteiger partial charge < -0.3 is 20.3 Å². The molecule has 35 heavy (non-hydrogen) atoms. The number of hydrogen-bond donors (Lipinski definition) is 1. The number of carbonyl (C=O) groups is 3. The van der Waals surface area contributed by atoms with Crippen molar-refractivity contribution in [1.82, 2.24) is 24.6 Å². The highest BCUT2D eigenvalue weighted by Gasteiger charge is 2.53. The fourth-order valence-electron chi connectivity index (χ4n) is 5.33. The van der Waals surface area contributed by atoms with Gasteiger partial charge in [0, 0.05) is 38.2 Å². The number of piperidine rings is 1. The average molecular weight is 485 g/mol. The fraction of sp³-hybridized carbons (Fsp3) is 0.542. The van der Waals surface area contributed by atoms with Crippen molar-refractivity contribution in [3.63, 3.8) is 0 Å². The molecule has 4 heterocycles. The standard InChI is InChI=1S/C24H29FN6O4/c1-23(2)18-16(19(28-31(18)22(26)34)35-20(32)17-8-3-4-11-27-17)14-30(23)21(33)24(25)9-12-29(13-10-24)15-6-5-7-15/h3-4,8,11,15H,5-7,9-10,12-14H2,1-2H3,(H2,26,34). The molecule has 2 aromatic heterocycles. The van der Waals surface area contributed by atoms with Crippen LogP contribution in [0.25, 0.3) is 0 Å². The average Bonchev–Trinajstić information content (AvgIpc) is 3.29. The number of hydrogen-bond acceptors (Lipinski definition) is 7. The predicted octanol–water partition coefficient (Wildman–Crippen LogP) is 2.36. The molecule has 2 amide bonds. The normalized spacial score (nSPS) is 21.3. The van der Waals surface area contributed by atoms with E-state index in [-0.39, 0.29) is 31.0 Å². The second-order valence-corrected chi connectivity index (χ2v) is 10.0. The number of alkyl halides is 1. The largest absolute Gasteiger partial charge is 0.401 e. The van der Waals surface area contributed by atoms with Gasteiger partial charge in [0.2, 0.25) is 5.88 Å². The number of halogens is 1. The number of nitrogens with two attached hydrogens (primary N) is 1. The van der Waals surface area contributed by atoms with E-state index in [9.17, 15) is 14.4 Å². The number of amides is 2. The van der Waals surface area contributed by atoms with Crippen molar-refractivity contribution in [3.05, 3.63) is 41.3 Å². The Balaban J connectivity index is 1.40. The number of fused-ring (bicyclic) bond motifs is 1. The molecule has 2 N–H and O–H groups in total. The molecule has 0 atom stereocenters. The molecule has 1 aliphatic carbocycles. The molecule has 0 unspecified atom stereocenters. The Bertz CT molecular complexity index is 1170. The zero-order valence-electron chi connectivity index (χ0n) is 19.9. The zero-order chi connectivity index (χ0) is 25.0. The van der Waals surface area contributed by atoms with Gasteiger partial charge in [-0.3, -0.25) is 4.79 Å². The Labute approximate surface area is 202 Å². The molecule has 0 radical (unpaired) electrons. The van der Waals surface area contributed by atoms with E-state index in [1.807, 2.05) is 0 Å². The van der Waals surface area contributed by atoms with Crippen molar-refractivity contribution in [2.75, 3.05) is 13.1 Å². The first kappa shape index (κ1) is 23.4. The summed E-state index contributed by atoms with van der Waals surface area (Å²) in [7, 11) is 0. The SMILES string of the molecule is CC1(C)c2c(c(OC(=O)c3ccccn3)nn2C(N)=O)CN1C(=O)C1(F)CCN(C2CCC2)CC1. The van der Waals surface area contributed by atoms with Crippen molar-refractivity contribution in [2.45, 2.75) is 69.7 Å². The molecule has 1 saturated heterocycles. The summed E-state index contributed by atoms with van der Waals surface area (Å²) in [6, 6.07) is 4.38. The van der Waals surface area contributed by atoms with Crippen LogP contribution < -0.4 is 10.5 Å². The van der Waals surface area contributed by atoms with E-state index in [4.69, 9.17) is 10.5 Å². The lowest BCUT2D eigenvalue weighted by Crippen LogP contribution is -2.57. The van der Waals surface area contributed by atoms with E-state index in [1.54, 1.807) is 26.0 Å². The topological polar surface area (TPSA) is 124 Å². The molecule has 10 nitrogen and oxygen atoms in total. The molecule has 1 saturated carbocycles.